The smallest absolute Gasteiger partial charge is 0.123 e. The van der Waals surface area contributed by atoms with E-state index in [-0.39, 0.29) is 24.8 Å². The molecule has 1 heterocycles. The van der Waals surface area contributed by atoms with Crippen LogP contribution < -0.4 is 5.32 Å². The van der Waals surface area contributed by atoms with E-state index in [0.717, 1.165) is 37.5 Å². The molecule has 0 bridgehead atoms. The molecule has 144 valence electrons. The Labute approximate surface area is 169 Å². The van der Waals surface area contributed by atoms with Crippen molar-refractivity contribution in [3.05, 3.63) is 42.0 Å². The maximum atomic E-state index is 10.3. The number of nitrogens with zero attached hydrogens (tertiary/aromatic N) is 1. The first-order valence-corrected chi connectivity index (χ1v) is 9.50. The number of piperazine rings is 1. The predicted molar refractivity (Wildman–Crippen MR) is 114 cm³/mol. The largest absolute Gasteiger partial charge is 0.507 e. The van der Waals surface area contributed by atoms with E-state index in [1.807, 2.05) is 18.2 Å². The van der Waals surface area contributed by atoms with Gasteiger partial charge in [-0.1, -0.05) is 49.6 Å². The first-order chi connectivity index (χ1) is 11.8. The van der Waals surface area contributed by atoms with Gasteiger partial charge in [-0.25, -0.2) is 0 Å². The Balaban J connectivity index is 0.00000121. The van der Waals surface area contributed by atoms with Gasteiger partial charge in [-0.05, 0) is 35.8 Å². The third-order valence-corrected chi connectivity index (χ3v) is 5.89. The van der Waals surface area contributed by atoms with Crippen molar-refractivity contribution in [2.45, 2.75) is 38.1 Å². The fraction of sp³-hybridized carbons (Fsp3) is 0.524. The number of hydrogen-bond donors (Lipinski definition) is 2. The molecule has 0 amide bonds. The first kappa shape index (κ1) is 21.3. The predicted octanol–water partition coefficient (Wildman–Crippen LogP) is 4.92. The van der Waals surface area contributed by atoms with Crippen molar-refractivity contribution in [3.63, 3.8) is 0 Å². The zero-order valence-electron chi connectivity index (χ0n) is 15.2. The van der Waals surface area contributed by atoms with Crippen LogP contribution in [0.1, 0.15) is 43.7 Å². The third kappa shape index (κ3) is 4.28. The highest BCUT2D eigenvalue weighted by Gasteiger charge is 2.32. The van der Waals surface area contributed by atoms with E-state index in [1.54, 1.807) is 0 Å². The molecule has 5 heteroatoms. The minimum Gasteiger partial charge on any atom is -0.507 e. The summed E-state index contributed by atoms with van der Waals surface area (Å²) in [5.41, 5.74) is 1.41. The number of fused-ring (bicyclic) bond motifs is 1. The van der Waals surface area contributed by atoms with Crippen LogP contribution in [0.15, 0.2) is 36.4 Å². The summed E-state index contributed by atoms with van der Waals surface area (Å²) in [7, 11) is 0. The molecule has 0 aromatic heterocycles. The zero-order chi connectivity index (χ0) is 16.4. The van der Waals surface area contributed by atoms with Crippen LogP contribution in [0.5, 0.6) is 5.75 Å². The number of phenolic OH excluding ortho intramolecular Hbond substituents is 1. The van der Waals surface area contributed by atoms with Gasteiger partial charge in [0.2, 0.25) is 0 Å². The van der Waals surface area contributed by atoms with Crippen LogP contribution in [0.25, 0.3) is 10.8 Å². The van der Waals surface area contributed by atoms with Gasteiger partial charge >= 0.3 is 0 Å². The van der Waals surface area contributed by atoms with Crippen molar-refractivity contribution >= 4 is 35.6 Å². The molecule has 0 radical (unpaired) electrons. The fourth-order valence-corrected chi connectivity index (χ4v) is 4.72. The van der Waals surface area contributed by atoms with Crippen molar-refractivity contribution in [1.29, 1.82) is 0 Å². The second-order valence-electron chi connectivity index (χ2n) is 7.35. The van der Waals surface area contributed by atoms with Crippen LogP contribution in [-0.2, 0) is 0 Å². The molecule has 2 aromatic rings. The van der Waals surface area contributed by atoms with E-state index in [0.29, 0.717) is 11.8 Å². The Morgan fingerprint density at radius 1 is 0.885 bits per heavy atom. The number of aromatic hydroxyl groups is 1. The summed E-state index contributed by atoms with van der Waals surface area (Å²) in [5, 5.41) is 16.0. The van der Waals surface area contributed by atoms with Crippen LogP contribution >= 0.6 is 24.8 Å². The van der Waals surface area contributed by atoms with Gasteiger partial charge in [-0.2, -0.15) is 0 Å². The van der Waals surface area contributed by atoms with Gasteiger partial charge < -0.3 is 10.4 Å². The number of halogens is 2. The van der Waals surface area contributed by atoms with Crippen molar-refractivity contribution in [2.24, 2.45) is 5.92 Å². The number of rotatable bonds is 3. The second-order valence-corrected chi connectivity index (χ2v) is 7.35. The van der Waals surface area contributed by atoms with E-state index >= 15 is 0 Å². The molecule has 1 aliphatic heterocycles. The van der Waals surface area contributed by atoms with Gasteiger partial charge in [-0.15, -0.1) is 24.8 Å². The van der Waals surface area contributed by atoms with Gasteiger partial charge in [0.1, 0.15) is 5.75 Å². The van der Waals surface area contributed by atoms with Gasteiger partial charge in [0.25, 0.3) is 0 Å². The summed E-state index contributed by atoms with van der Waals surface area (Å²) in [6, 6.07) is 12.9. The lowest BCUT2D eigenvalue weighted by Crippen LogP contribution is -2.47. The van der Waals surface area contributed by atoms with Gasteiger partial charge in [0, 0.05) is 37.6 Å². The van der Waals surface area contributed by atoms with Crippen LogP contribution in [0, 0.1) is 5.92 Å². The normalized spacial score (nSPS) is 20.2. The molecule has 2 aromatic carbocycles. The summed E-state index contributed by atoms with van der Waals surface area (Å²) >= 11 is 0. The maximum absolute atomic E-state index is 10.3. The van der Waals surface area contributed by atoms with Crippen LogP contribution in [0.3, 0.4) is 0 Å². The number of nitrogens with one attached hydrogen (secondary N) is 1. The molecular weight excluding hydrogens is 367 g/mol. The average Bonchev–Trinajstić information content (AvgIpc) is 2.66. The van der Waals surface area contributed by atoms with E-state index in [2.05, 4.69) is 28.4 Å². The highest BCUT2D eigenvalue weighted by Crippen LogP contribution is 2.42. The standard InChI is InChI=1S/C21H28N2O.2ClH/c24-20-11-10-19(17-8-4-5-9-18(17)20)21(16-6-2-1-3-7-16)23-14-12-22-13-15-23;;/h4-5,8-11,16,21-22,24H,1-3,6-7,12-15H2;2*1H/t21-;;/m0../s1. The Hall–Kier alpha value is -1.00. The van der Waals surface area contributed by atoms with E-state index in [9.17, 15) is 5.11 Å². The Morgan fingerprint density at radius 3 is 2.23 bits per heavy atom. The summed E-state index contributed by atoms with van der Waals surface area (Å²) in [6.45, 7) is 4.41. The lowest BCUT2D eigenvalue weighted by atomic mass is 9.79. The topological polar surface area (TPSA) is 35.5 Å². The Morgan fingerprint density at radius 2 is 1.54 bits per heavy atom. The van der Waals surface area contributed by atoms with E-state index in [1.165, 1.54) is 43.1 Å². The molecule has 1 atom stereocenters. The molecule has 26 heavy (non-hydrogen) atoms. The summed E-state index contributed by atoms with van der Waals surface area (Å²) < 4.78 is 0. The number of phenols is 1. The van der Waals surface area contributed by atoms with Crippen LogP contribution in [0.2, 0.25) is 0 Å². The molecule has 1 saturated heterocycles. The first-order valence-electron chi connectivity index (χ1n) is 9.50. The van der Waals surface area contributed by atoms with E-state index < -0.39 is 0 Å². The quantitative estimate of drug-likeness (QED) is 0.772. The van der Waals surface area contributed by atoms with Crippen LogP contribution in [0.4, 0.5) is 0 Å². The molecule has 1 aliphatic carbocycles. The molecule has 1 saturated carbocycles. The van der Waals surface area contributed by atoms with Gasteiger partial charge in [0.05, 0.1) is 0 Å². The van der Waals surface area contributed by atoms with Crippen LogP contribution in [-0.4, -0.2) is 36.2 Å². The van der Waals surface area contributed by atoms with Crippen molar-refractivity contribution in [1.82, 2.24) is 10.2 Å². The fourth-order valence-electron chi connectivity index (χ4n) is 4.72. The van der Waals surface area contributed by atoms with Gasteiger partial charge in [-0.3, -0.25) is 4.90 Å². The zero-order valence-corrected chi connectivity index (χ0v) is 16.8. The second kappa shape index (κ2) is 9.80. The monoisotopic (exact) mass is 396 g/mol. The van der Waals surface area contributed by atoms with Crippen molar-refractivity contribution in [2.75, 3.05) is 26.2 Å². The highest BCUT2D eigenvalue weighted by molar-refractivity contribution is 5.91. The summed E-state index contributed by atoms with van der Waals surface area (Å²) in [5.74, 6) is 1.14. The average molecular weight is 397 g/mol. The lowest BCUT2D eigenvalue weighted by molar-refractivity contribution is 0.104. The van der Waals surface area contributed by atoms with E-state index in [4.69, 9.17) is 0 Å². The minimum absolute atomic E-state index is 0. The SMILES string of the molecule is Cl.Cl.Oc1ccc([C@H](C2CCCCC2)N2CCNCC2)c2ccccc12. The Kier molecular flexibility index (Phi) is 8.03. The summed E-state index contributed by atoms with van der Waals surface area (Å²) in [4.78, 5) is 2.69. The third-order valence-electron chi connectivity index (χ3n) is 5.89. The number of benzene rings is 2. The number of hydrogen-bond acceptors (Lipinski definition) is 3. The Bertz CT molecular complexity index is 679. The lowest BCUT2D eigenvalue weighted by Gasteiger charge is -2.41. The molecule has 2 aliphatic rings. The van der Waals surface area contributed by atoms with Crippen molar-refractivity contribution < 1.29 is 5.11 Å². The van der Waals surface area contributed by atoms with Gasteiger partial charge in [0.15, 0.2) is 0 Å². The molecule has 2 fully saturated rings. The molecule has 2 N–H and O–H groups in total. The molecule has 0 spiro atoms. The minimum atomic E-state index is 0. The molecular formula is C21H30Cl2N2O. The maximum Gasteiger partial charge on any atom is 0.123 e. The molecule has 0 unspecified atom stereocenters. The molecule has 3 nitrogen and oxygen atoms in total. The van der Waals surface area contributed by atoms with Crippen molar-refractivity contribution in [3.8, 4) is 5.75 Å². The highest BCUT2D eigenvalue weighted by atomic mass is 35.5. The molecule has 4 rings (SSSR count). The summed E-state index contributed by atoms with van der Waals surface area (Å²) in [6.07, 6.45) is 6.79.